The maximum absolute atomic E-state index is 13.8. The second kappa shape index (κ2) is 9.08. The molecule has 0 aliphatic heterocycles. The summed E-state index contributed by atoms with van der Waals surface area (Å²) < 4.78 is 64.1. The lowest BCUT2D eigenvalue weighted by Crippen LogP contribution is -2.18. The first-order valence-corrected chi connectivity index (χ1v) is 9.40. The number of halogens is 4. The van der Waals surface area contributed by atoms with Crippen LogP contribution in [0, 0.1) is 23.3 Å². The van der Waals surface area contributed by atoms with Crippen LogP contribution in [0.1, 0.15) is 11.9 Å². The SMILES string of the molecule is CCOC(=O)COc1cc(F)ccc1NC(=O)Cc1nc2c(F)c(F)cc(F)c2s1. The number of aromatic nitrogens is 1. The number of anilines is 1. The minimum Gasteiger partial charge on any atom is -0.480 e. The monoisotopic (exact) mass is 442 g/mol. The number of benzene rings is 2. The molecule has 6 nitrogen and oxygen atoms in total. The van der Waals surface area contributed by atoms with Gasteiger partial charge in [0.25, 0.3) is 0 Å². The zero-order valence-corrected chi connectivity index (χ0v) is 16.2. The number of hydrogen-bond donors (Lipinski definition) is 1. The molecule has 3 rings (SSSR count). The molecule has 1 N–H and O–H groups in total. The predicted molar refractivity (Wildman–Crippen MR) is 100 cm³/mol. The van der Waals surface area contributed by atoms with Crippen molar-refractivity contribution in [2.75, 3.05) is 18.5 Å². The van der Waals surface area contributed by atoms with Crippen molar-refractivity contribution in [1.29, 1.82) is 0 Å². The summed E-state index contributed by atoms with van der Waals surface area (Å²) in [4.78, 5) is 27.5. The molecule has 0 atom stereocenters. The van der Waals surface area contributed by atoms with Crippen LogP contribution in [0.4, 0.5) is 23.2 Å². The molecular formula is C19H14F4N2O4S. The van der Waals surface area contributed by atoms with Gasteiger partial charge in [-0.25, -0.2) is 27.3 Å². The Labute approximate surface area is 171 Å². The normalized spacial score (nSPS) is 10.8. The van der Waals surface area contributed by atoms with Crippen LogP contribution >= 0.6 is 11.3 Å². The van der Waals surface area contributed by atoms with Gasteiger partial charge in [0, 0.05) is 12.1 Å². The summed E-state index contributed by atoms with van der Waals surface area (Å²) in [6.07, 6.45) is -0.380. The summed E-state index contributed by atoms with van der Waals surface area (Å²) in [5.41, 5.74) is -0.434. The molecule has 1 amide bonds. The predicted octanol–water partition coefficient (Wildman–Crippen LogP) is 3.98. The molecule has 0 radical (unpaired) electrons. The average molecular weight is 442 g/mol. The number of fused-ring (bicyclic) bond motifs is 1. The third-order valence-corrected chi connectivity index (χ3v) is 4.80. The van der Waals surface area contributed by atoms with Gasteiger partial charge in [-0.3, -0.25) is 4.79 Å². The Kier molecular flexibility index (Phi) is 6.50. The summed E-state index contributed by atoms with van der Waals surface area (Å²) in [7, 11) is 0. The number of hydrogen-bond acceptors (Lipinski definition) is 6. The molecule has 0 saturated heterocycles. The number of ether oxygens (including phenoxy) is 2. The van der Waals surface area contributed by atoms with Crippen LogP contribution in [0.3, 0.4) is 0 Å². The number of esters is 1. The van der Waals surface area contributed by atoms with Crippen LogP contribution < -0.4 is 10.1 Å². The van der Waals surface area contributed by atoms with E-state index in [1.54, 1.807) is 6.92 Å². The lowest BCUT2D eigenvalue weighted by Gasteiger charge is -2.12. The molecule has 1 heterocycles. The second-order valence-electron chi connectivity index (χ2n) is 5.90. The maximum Gasteiger partial charge on any atom is 0.344 e. The second-order valence-corrected chi connectivity index (χ2v) is 6.98. The fraction of sp³-hybridized carbons (Fsp3) is 0.211. The summed E-state index contributed by atoms with van der Waals surface area (Å²) in [5.74, 6) is -5.77. The summed E-state index contributed by atoms with van der Waals surface area (Å²) in [6, 6.07) is 3.67. The van der Waals surface area contributed by atoms with Crippen LogP contribution in [-0.4, -0.2) is 30.1 Å². The van der Waals surface area contributed by atoms with Gasteiger partial charge in [-0.05, 0) is 19.1 Å². The van der Waals surface area contributed by atoms with E-state index in [-0.39, 0.29) is 34.2 Å². The van der Waals surface area contributed by atoms with E-state index in [2.05, 4.69) is 10.3 Å². The average Bonchev–Trinajstić information content (AvgIpc) is 3.11. The minimum atomic E-state index is -1.38. The molecule has 11 heteroatoms. The smallest absolute Gasteiger partial charge is 0.344 e. The molecule has 0 aliphatic carbocycles. The Morgan fingerprint density at radius 3 is 2.63 bits per heavy atom. The van der Waals surface area contributed by atoms with E-state index in [9.17, 15) is 27.2 Å². The van der Waals surface area contributed by atoms with Gasteiger partial charge < -0.3 is 14.8 Å². The summed E-state index contributed by atoms with van der Waals surface area (Å²) in [5, 5.41) is 2.49. The number of carbonyl (C=O) groups excluding carboxylic acids is 2. The molecule has 0 spiro atoms. The number of carbonyl (C=O) groups is 2. The van der Waals surface area contributed by atoms with Crippen molar-refractivity contribution >= 4 is 39.1 Å². The number of amides is 1. The van der Waals surface area contributed by atoms with Gasteiger partial charge in [0.05, 0.1) is 23.4 Å². The topological polar surface area (TPSA) is 77.5 Å². The highest BCUT2D eigenvalue weighted by molar-refractivity contribution is 7.18. The van der Waals surface area contributed by atoms with Crippen LogP contribution in [0.2, 0.25) is 0 Å². The van der Waals surface area contributed by atoms with Gasteiger partial charge in [0.1, 0.15) is 27.9 Å². The van der Waals surface area contributed by atoms with E-state index in [1.165, 1.54) is 6.07 Å². The maximum atomic E-state index is 13.8. The first-order chi connectivity index (χ1) is 14.3. The van der Waals surface area contributed by atoms with Crippen molar-refractivity contribution < 1.29 is 36.6 Å². The van der Waals surface area contributed by atoms with Gasteiger partial charge in [-0.1, -0.05) is 0 Å². The number of nitrogens with one attached hydrogen (secondary N) is 1. The number of rotatable bonds is 7. The molecule has 2 aromatic carbocycles. The van der Waals surface area contributed by atoms with Crippen molar-refractivity contribution in [1.82, 2.24) is 4.98 Å². The van der Waals surface area contributed by atoms with Crippen molar-refractivity contribution in [3.63, 3.8) is 0 Å². The quantitative estimate of drug-likeness (QED) is 0.340. The largest absolute Gasteiger partial charge is 0.480 e. The van der Waals surface area contributed by atoms with Crippen LogP contribution in [-0.2, 0) is 20.7 Å². The highest BCUT2D eigenvalue weighted by Crippen LogP contribution is 2.30. The Bertz CT molecular complexity index is 1120. The van der Waals surface area contributed by atoms with Gasteiger partial charge >= 0.3 is 5.97 Å². The first kappa shape index (κ1) is 21.5. The molecular weight excluding hydrogens is 428 g/mol. The molecule has 1 aromatic heterocycles. The first-order valence-electron chi connectivity index (χ1n) is 8.59. The van der Waals surface area contributed by atoms with E-state index < -0.39 is 47.3 Å². The molecule has 30 heavy (non-hydrogen) atoms. The molecule has 3 aromatic rings. The van der Waals surface area contributed by atoms with Gasteiger partial charge in [0.15, 0.2) is 18.2 Å². The van der Waals surface area contributed by atoms with Crippen LogP contribution in [0.5, 0.6) is 5.75 Å². The van der Waals surface area contributed by atoms with Crippen LogP contribution in [0.15, 0.2) is 24.3 Å². The lowest BCUT2D eigenvalue weighted by atomic mass is 10.2. The Morgan fingerprint density at radius 1 is 1.13 bits per heavy atom. The number of thiazole rings is 1. The van der Waals surface area contributed by atoms with Gasteiger partial charge in [-0.15, -0.1) is 11.3 Å². The fourth-order valence-electron chi connectivity index (χ4n) is 2.49. The minimum absolute atomic E-state index is 0.0435. The van der Waals surface area contributed by atoms with Crippen molar-refractivity contribution in [2.24, 2.45) is 0 Å². The zero-order valence-electron chi connectivity index (χ0n) is 15.4. The van der Waals surface area contributed by atoms with Crippen molar-refractivity contribution in [3.8, 4) is 5.75 Å². The molecule has 0 aliphatic rings. The van der Waals surface area contributed by atoms with E-state index in [1.807, 2.05) is 0 Å². The molecule has 0 unspecified atom stereocenters. The third-order valence-electron chi connectivity index (χ3n) is 3.74. The highest BCUT2D eigenvalue weighted by Gasteiger charge is 2.19. The molecule has 0 fully saturated rings. The highest BCUT2D eigenvalue weighted by atomic mass is 32.1. The fourth-order valence-corrected chi connectivity index (χ4v) is 3.46. The summed E-state index contributed by atoms with van der Waals surface area (Å²) in [6.45, 7) is 1.25. The van der Waals surface area contributed by atoms with E-state index in [4.69, 9.17) is 9.47 Å². The van der Waals surface area contributed by atoms with Crippen LogP contribution in [0.25, 0.3) is 10.2 Å². The standard InChI is InChI=1S/C19H14F4N2O4S/c1-2-28-16(27)8-29-13-5-9(20)3-4-12(13)24-14(26)7-15-25-18-17(23)10(21)6-11(22)19(18)30-15/h3-6H,2,7-8H2,1H3,(H,24,26). The van der Waals surface area contributed by atoms with E-state index in [0.29, 0.717) is 17.4 Å². The Balaban J connectivity index is 1.75. The molecule has 0 bridgehead atoms. The van der Waals surface area contributed by atoms with Crippen molar-refractivity contribution in [3.05, 3.63) is 52.5 Å². The van der Waals surface area contributed by atoms with E-state index in [0.717, 1.165) is 12.1 Å². The molecule has 158 valence electrons. The molecule has 0 saturated carbocycles. The van der Waals surface area contributed by atoms with Gasteiger partial charge in [-0.2, -0.15) is 0 Å². The van der Waals surface area contributed by atoms with Crippen molar-refractivity contribution in [2.45, 2.75) is 13.3 Å². The lowest BCUT2D eigenvalue weighted by molar-refractivity contribution is -0.145. The van der Waals surface area contributed by atoms with E-state index >= 15 is 0 Å². The Hall–Kier alpha value is -3.21. The third kappa shape index (κ3) is 4.85. The number of nitrogens with zero attached hydrogens (tertiary/aromatic N) is 1. The zero-order chi connectivity index (χ0) is 21.8. The summed E-state index contributed by atoms with van der Waals surface area (Å²) >= 11 is 0.706. The Morgan fingerprint density at radius 2 is 1.90 bits per heavy atom. The van der Waals surface area contributed by atoms with Gasteiger partial charge in [0.2, 0.25) is 5.91 Å².